The average Bonchev–Trinajstić information content (AvgIpc) is 2.97. The van der Waals surface area contributed by atoms with Crippen LogP contribution in [0.25, 0.3) is 11.0 Å². The molecule has 1 amide bonds. The molecule has 0 radical (unpaired) electrons. The first-order chi connectivity index (χ1) is 11.6. The third-order valence-electron chi connectivity index (χ3n) is 3.07. The Labute approximate surface area is 140 Å². The highest BCUT2D eigenvalue weighted by atomic mass is 32.2. The molecule has 0 fully saturated rings. The van der Waals surface area contributed by atoms with Crippen molar-refractivity contribution in [2.75, 3.05) is 11.1 Å². The van der Waals surface area contributed by atoms with Crippen molar-refractivity contribution in [2.24, 2.45) is 0 Å². The number of carbonyl (C=O) groups excluding carboxylic acids is 1. The minimum atomic E-state index is -2.87. The molecule has 3 rings (SSSR count). The summed E-state index contributed by atoms with van der Waals surface area (Å²) >= 11 is 1.28. The van der Waals surface area contributed by atoms with Crippen LogP contribution in [0.2, 0.25) is 0 Å². The van der Waals surface area contributed by atoms with Gasteiger partial charge in [-0.2, -0.15) is 8.78 Å². The Kier molecular flexibility index (Phi) is 4.95. The van der Waals surface area contributed by atoms with E-state index in [9.17, 15) is 13.6 Å². The minimum absolute atomic E-state index is 0.0413. The van der Waals surface area contributed by atoms with Crippen molar-refractivity contribution in [1.29, 1.82) is 0 Å². The molecule has 5 nitrogen and oxygen atoms in total. The van der Waals surface area contributed by atoms with Crippen LogP contribution in [0, 0.1) is 0 Å². The highest BCUT2D eigenvalue weighted by Gasteiger charge is 2.08. The molecule has 1 aromatic heterocycles. The zero-order chi connectivity index (χ0) is 16.9. The maximum Gasteiger partial charge on any atom is 0.387 e. The third-order valence-corrected chi connectivity index (χ3v) is 3.94. The lowest BCUT2D eigenvalue weighted by Gasteiger charge is -2.07. The monoisotopic (exact) mass is 349 g/mol. The number of hydrogen-bond donors (Lipinski definition) is 2. The summed E-state index contributed by atoms with van der Waals surface area (Å²) in [6.07, 6.45) is 0. The number of anilines is 1. The number of imidazole rings is 1. The first-order valence-electron chi connectivity index (χ1n) is 7.02. The number of amides is 1. The number of nitrogens with one attached hydrogen (secondary N) is 2. The van der Waals surface area contributed by atoms with Crippen LogP contribution in [0.5, 0.6) is 5.75 Å². The number of para-hydroxylation sites is 2. The van der Waals surface area contributed by atoms with Crippen LogP contribution in [0.15, 0.2) is 53.7 Å². The highest BCUT2D eigenvalue weighted by molar-refractivity contribution is 7.99. The van der Waals surface area contributed by atoms with Gasteiger partial charge in [-0.15, -0.1) is 0 Å². The molecule has 3 aromatic rings. The molecule has 2 aromatic carbocycles. The summed E-state index contributed by atoms with van der Waals surface area (Å²) in [6, 6.07) is 13.3. The zero-order valence-corrected chi connectivity index (χ0v) is 13.1. The molecule has 0 saturated carbocycles. The van der Waals surface area contributed by atoms with Crippen molar-refractivity contribution in [1.82, 2.24) is 9.97 Å². The van der Waals surface area contributed by atoms with Gasteiger partial charge >= 0.3 is 6.61 Å². The number of rotatable bonds is 6. The van der Waals surface area contributed by atoms with E-state index in [1.54, 1.807) is 0 Å². The molecule has 8 heteroatoms. The number of fused-ring (bicyclic) bond motifs is 1. The van der Waals surface area contributed by atoms with E-state index < -0.39 is 6.61 Å². The van der Waals surface area contributed by atoms with E-state index in [2.05, 4.69) is 20.0 Å². The molecule has 0 aliphatic carbocycles. The largest absolute Gasteiger partial charge is 0.435 e. The van der Waals surface area contributed by atoms with Crippen molar-refractivity contribution in [3.05, 3.63) is 48.5 Å². The van der Waals surface area contributed by atoms with Crippen molar-refractivity contribution < 1.29 is 18.3 Å². The lowest BCUT2D eigenvalue weighted by Crippen LogP contribution is -2.14. The fourth-order valence-corrected chi connectivity index (χ4v) is 2.73. The van der Waals surface area contributed by atoms with Gasteiger partial charge in [0.25, 0.3) is 0 Å². The van der Waals surface area contributed by atoms with E-state index >= 15 is 0 Å². The molecule has 0 bridgehead atoms. The lowest BCUT2D eigenvalue weighted by molar-refractivity contribution is -0.113. The summed E-state index contributed by atoms with van der Waals surface area (Å²) < 4.78 is 28.4. The first kappa shape index (κ1) is 16.3. The Hall–Kier alpha value is -2.61. The molecule has 124 valence electrons. The second-order valence-corrected chi connectivity index (χ2v) is 5.76. The van der Waals surface area contributed by atoms with Gasteiger partial charge in [0.2, 0.25) is 5.91 Å². The van der Waals surface area contributed by atoms with E-state index in [0.717, 1.165) is 11.0 Å². The van der Waals surface area contributed by atoms with Gasteiger partial charge in [0.05, 0.1) is 16.8 Å². The number of H-pyrrole nitrogens is 1. The van der Waals surface area contributed by atoms with Crippen molar-refractivity contribution in [3.63, 3.8) is 0 Å². The maximum atomic E-state index is 12.1. The molecule has 0 atom stereocenters. The number of alkyl halides is 2. The SMILES string of the molecule is O=C(CSc1nc2ccccc2[nH]1)Nc1ccc(OC(F)F)cc1. The predicted octanol–water partition coefficient (Wildman–Crippen LogP) is 3.90. The second kappa shape index (κ2) is 7.31. The molecular formula is C16H13F2N3O2S. The molecule has 2 N–H and O–H groups in total. The number of hydrogen-bond acceptors (Lipinski definition) is 4. The molecule has 0 saturated heterocycles. The van der Waals surface area contributed by atoms with Crippen molar-refractivity contribution in [3.8, 4) is 5.75 Å². The van der Waals surface area contributed by atoms with Gasteiger partial charge in [-0.05, 0) is 36.4 Å². The summed E-state index contributed by atoms with van der Waals surface area (Å²) in [7, 11) is 0. The Bertz CT molecular complexity index is 804. The van der Waals surface area contributed by atoms with Crippen LogP contribution in [0.1, 0.15) is 0 Å². The maximum absolute atomic E-state index is 12.1. The standard InChI is InChI=1S/C16H13F2N3O2S/c17-15(18)23-11-7-5-10(6-8-11)19-14(22)9-24-16-20-12-3-1-2-4-13(12)21-16/h1-8,15H,9H2,(H,19,22)(H,20,21). The number of aromatic amines is 1. The summed E-state index contributed by atoms with van der Waals surface area (Å²) in [5.41, 5.74) is 2.26. The Morgan fingerprint density at radius 3 is 2.67 bits per heavy atom. The van der Waals surface area contributed by atoms with Gasteiger partial charge in [-0.3, -0.25) is 4.79 Å². The van der Waals surface area contributed by atoms with Gasteiger partial charge in [0.1, 0.15) is 5.75 Å². The summed E-state index contributed by atoms with van der Waals surface area (Å²) in [6.45, 7) is -2.87. The van der Waals surface area contributed by atoms with Crippen molar-refractivity contribution in [2.45, 2.75) is 11.8 Å². The summed E-state index contributed by atoms with van der Waals surface area (Å²) in [4.78, 5) is 19.4. The van der Waals surface area contributed by atoms with E-state index in [1.807, 2.05) is 24.3 Å². The van der Waals surface area contributed by atoms with Gasteiger partial charge < -0.3 is 15.0 Å². The van der Waals surface area contributed by atoms with Crippen LogP contribution in [0.3, 0.4) is 0 Å². The molecule has 0 unspecified atom stereocenters. The molecule has 24 heavy (non-hydrogen) atoms. The first-order valence-corrected chi connectivity index (χ1v) is 8.01. The van der Waals surface area contributed by atoms with E-state index in [0.29, 0.717) is 10.8 Å². The molecule has 0 spiro atoms. The van der Waals surface area contributed by atoms with Crippen molar-refractivity contribution >= 4 is 34.4 Å². The van der Waals surface area contributed by atoms with Gasteiger partial charge in [0, 0.05) is 5.69 Å². The highest BCUT2D eigenvalue weighted by Crippen LogP contribution is 2.20. The number of aromatic nitrogens is 2. The smallest absolute Gasteiger partial charge is 0.387 e. The Morgan fingerprint density at radius 2 is 1.96 bits per heavy atom. The number of ether oxygens (including phenoxy) is 1. The third kappa shape index (κ3) is 4.23. The van der Waals surface area contributed by atoms with E-state index in [4.69, 9.17) is 0 Å². The van der Waals surface area contributed by atoms with Crippen LogP contribution in [-0.4, -0.2) is 28.2 Å². The lowest BCUT2D eigenvalue weighted by atomic mass is 10.3. The Balaban J connectivity index is 1.53. The number of nitrogens with zero attached hydrogens (tertiary/aromatic N) is 1. The number of benzene rings is 2. The summed E-state index contributed by atoms with van der Waals surface area (Å²) in [5.74, 6) is -0.00242. The van der Waals surface area contributed by atoms with Gasteiger partial charge in [-0.1, -0.05) is 23.9 Å². The van der Waals surface area contributed by atoms with Crippen LogP contribution < -0.4 is 10.1 Å². The van der Waals surface area contributed by atoms with Crippen LogP contribution >= 0.6 is 11.8 Å². The quantitative estimate of drug-likeness (QED) is 0.663. The van der Waals surface area contributed by atoms with E-state index in [1.165, 1.54) is 36.0 Å². The van der Waals surface area contributed by atoms with E-state index in [-0.39, 0.29) is 17.4 Å². The number of thioether (sulfide) groups is 1. The minimum Gasteiger partial charge on any atom is -0.435 e. The van der Waals surface area contributed by atoms with Gasteiger partial charge in [0.15, 0.2) is 5.16 Å². The molecule has 0 aliphatic heterocycles. The molecule has 1 heterocycles. The topological polar surface area (TPSA) is 67.0 Å². The normalized spacial score (nSPS) is 11.0. The second-order valence-electron chi connectivity index (χ2n) is 4.80. The van der Waals surface area contributed by atoms with Crippen LogP contribution in [0.4, 0.5) is 14.5 Å². The molecular weight excluding hydrogens is 336 g/mol. The fraction of sp³-hybridized carbons (Fsp3) is 0.125. The number of halogens is 2. The Morgan fingerprint density at radius 1 is 1.21 bits per heavy atom. The fourth-order valence-electron chi connectivity index (χ4n) is 2.05. The summed E-state index contributed by atoms with van der Waals surface area (Å²) in [5, 5.41) is 3.34. The van der Waals surface area contributed by atoms with Crippen LogP contribution in [-0.2, 0) is 4.79 Å². The average molecular weight is 349 g/mol. The van der Waals surface area contributed by atoms with Gasteiger partial charge in [-0.25, -0.2) is 4.98 Å². The molecule has 0 aliphatic rings. The zero-order valence-electron chi connectivity index (χ0n) is 12.3. The predicted molar refractivity (Wildman–Crippen MR) is 88.5 cm³/mol. The number of carbonyl (C=O) groups is 1.